The van der Waals surface area contributed by atoms with Crippen LogP contribution in [0.1, 0.15) is 6.42 Å². The standard InChI is InChI=1S/C5H5.C2H6Si.CH4N.2ClH.Ti/c1-2-4-5-3-1;1-3-2;1-2;;;/h1-3H,4H2;1-2H3;2H,1H3;2*1H;/q-1;;-1;;;+2/p-2. The number of nitrogens with one attached hydrogen (secondary N) is 1. The minimum absolute atomic E-state index is 0. The van der Waals surface area contributed by atoms with Crippen LogP contribution in [0, 0.1) is 6.08 Å². The molecule has 0 aromatic rings. The Morgan fingerprint density at radius 1 is 1.31 bits per heavy atom. The van der Waals surface area contributed by atoms with E-state index in [9.17, 15) is 0 Å². The van der Waals surface area contributed by atoms with E-state index >= 15 is 0 Å². The first-order valence-corrected chi connectivity index (χ1v) is 8.31. The number of hydrogen-bond acceptors (Lipinski definition) is 0. The van der Waals surface area contributed by atoms with Crippen molar-refractivity contribution in [1.82, 2.24) is 0 Å². The van der Waals surface area contributed by atoms with E-state index in [-0.39, 0.29) is 31.0 Å². The van der Waals surface area contributed by atoms with E-state index in [0.29, 0.717) is 0 Å². The molecule has 0 aromatic heterocycles. The van der Waals surface area contributed by atoms with Gasteiger partial charge in [0.25, 0.3) is 0 Å². The van der Waals surface area contributed by atoms with Crippen LogP contribution < -0.4 is 24.8 Å². The van der Waals surface area contributed by atoms with Crippen molar-refractivity contribution in [2.24, 2.45) is 0 Å². The van der Waals surface area contributed by atoms with Gasteiger partial charge in [0, 0.05) is 0 Å². The van der Waals surface area contributed by atoms with Crippen molar-refractivity contribution in [2.45, 2.75) is 19.5 Å². The van der Waals surface area contributed by atoms with Gasteiger partial charge in [0.15, 0.2) is 0 Å². The van der Waals surface area contributed by atoms with Crippen LogP contribution in [-0.2, 0) is 19.2 Å². The fourth-order valence-corrected chi connectivity index (χ4v) is 0.340. The second-order valence-electron chi connectivity index (χ2n) is 2.00. The van der Waals surface area contributed by atoms with E-state index in [0.717, 1.165) is 6.42 Å². The molecule has 1 aliphatic rings. The van der Waals surface area contributed by atoms with Crippen molar-refractivity contribution < 1.29 is 44.0 Å². The smallest absolute Gasteiger partial charge is 0.109 e. The van der Waals surface area contributed by atoms with Crippen LogP contribution in [0.25, 0.3) is 5.73 Å². The minimum atomic E-state index is 0. The van der Waals surface area contributed by atoms with Gasteiger partial charge in [0.1, 0.15) is 0 Å². The first-order chi connectivity index (χ1) is 5.23. The van der Waals surface area contributed by atoms with E-state index in [4.69, 9.17) is 5.73 Å². The third kappa shape index (κ3) is 43.9. The van der Waals surface area contributed by atoms with Crippen molar-refractivity contribution in [2.75, 3.05) is 7.05 Å². The molecular weight excluding hydrogens is 257 g/mol. The third-order valence-corrected chi connectivity index (χ3v) is 0.586. The molecule has 0 heterocycles. The number of hydrogen-bond donors (Lipinski definition) is 0. The molecule has 5 heteroatoms. The van der Waals surface area contributed by atoms with E-state index in [1.807, 2.05) is 12.2 Å². The molecule has 0 aliphatic heterocycles. The molecule has 0 bridgehead atoms. The van der Waals surface area contributed by atoms with Crippen LogP contribution in [0.4, 0.5) is 0 Å². The summed E-state index contributed by atoms with van der Waals surface area (Å²) in [5.74, 6) is 0. The third-order valence-electron chi connectivity index (χ3n) is 0.586. The SMILES string of the molecule is C[NH-].C[Si](C)=[Ti+2].[C-]1=CC=CC1.[Cl-].[Cl-]. The van der Waals surface area contributed by atoms with Gasteiger partial charge in [-0.3, -0.25) is 6.08 Å². The summed E-state index contributed by atoms with van der Waals surface area (Å²) < 4.78 is 0. The van der Waals surface area contributed by atoms with Gasteiger partial charge in [-0.1, -0.05) is 0 Å². The van der Waals surface area contributed by atoms with E-state index in [1.165, 1.54) is 7.05 Å². The zero-order valence-corrected chi connectivity index (χ0v) is 12.3. The second-order valence-corrected chi connectivity index (χ2v) is 8.69. The Bertz CT molecular complexity index is 135. The second kappa shape index (κ2) is 23.1. The first-order valence-electron chi connectivity index (χ1n) is 3.47. The zero-order valence-electron chi connectivity index (χ0n) is 8.20. The monoisotopic (exact) mass is 271 g/mol. The molecule has 1 aliphatic carbocycles. The van der Waals surface area contributed by atoms with Crippen molar-refractivity contribution in [3.05, 3.63) is 30.0 Å². The van der Waals surface area contributed by atoms with Crippen LogP contribution in [0.3, 0.4) is 0 Å². The maximum Gasteiger partial charge on any atom is -0.109 e. The molecule has 1 N–H and O–H groups in total. The molecule has 0 saturated heterocycles. The summed E-state index contributed by atoms with van der Waals surface area (Å²) in [6, 6.07) is 0. The van der Waals surface area contributed by atoms with Gasteiger partial charge >= 0.3 is 38.5 Å². The Morgan fingerprint density at radius 3 is 1.77 bits per heavy atom. The molecule has 0 unspecified atom stereocenters. The molecule has 0 amide bonds. The number of allylic oxidation sites excluding steroid dienone is 4. The Hall–Kier alpha value is 0.951. The molecule has 0 atom stereocenters. The Labute approximate surface area is 106 Å². The molecule has 76 valence electrons. The summed E-state index contributed by atoms with van der Waals surface area (Å²) in [5, 5.41) is 0. The Kier molecular flexibility index (Phi) is 42.0. The molecule has 0 fully saturated rings. The van der Waals surface area contributed by atoms with Crippen molar-refractivity contribution in [3.63, 3.8) is 0 Å². The van der Waals surface area contributed by atoms with E-state index in [2.05, 4.69) is 44.4 Å². The van der Waals surface area contributed by atoms with Crippen molar-refractivity contribution >= 4 is 6.19 Å². The summed E-state index contributed by atoms with van der Waals surface area (Å²) >= 11 is 2.27. The van der Waals surface area contributed by atoms with E-state index in [1.54, 1.807) is 0 Å². The summed E-state index contributed by atoms with van der Waals surface area (Å²) in [6.45, 7) is 4.54. The number of halogens is 2. The zero-order chi connectivity index (χ0) is 9.11. The van der Waals surface area contributed by atoms with Gasteiger partial charge < -0.3 is 30.5 Å². The molecule has 0 aromatic carbocycles. The van der Waals surface area contributed by atoms with Gasteiger partial charge in [0.05, 0.1) is 0 Å². The predicted molar refractivity (Wildman–Crippen MR) is 49.3 cm³/mol. The fraction of sp³-hybridized carbons (Fsp3) is 0.500. The van der Waals surface area contributed by atoms with E-state index < -0.39 is 0 Å². The molecule has 0 saturated carbocycles. The molecular formula is C8H15Cl2NSiTi-2. The van der Waals surface area contributed by atoms with Gasteiger partial charge in [-0.2, -0.15) is 13.1 Å². The summed E-state index contributed by atoms with van der Waals surface area (Å²) in [6.07, 6.45) is 10.1. The first kappa shape index (κ1) is 23.6. The van der Waals surface area contributed by atoms with Crippen LogP contribution >= 0.6 is 0 Å². The molecule has 1 rings (SSSR count). The molecule has 0 spiro atoms. The fourth-order valence-electron chi connectivity index (χ4n) is 0.340. The predicted octanol–water partition coefficient (Wildman–Crippen LogP) is -3.23. The van der Waals surface area contributed by atoms with Gasteiger partial charge in [-0.25, -0.2) is 12.2 Å². The van der Waals surface area contributed by atoms with Crippen LogP contribution in [0.15, 0.2) is 18.2 Å². The van der Waals surface area contributed by atoms with Gasteiger partial charge in [-0.05, 0) is 0 Å². The molecule has 13 heavy (non-hydrogen) atoms. The van der Waals surface area contributed by atoms with Crippen LogP contribution in [-0.4, -0.2) is 13.2 Å². The van der Waals surface area contributed by atoms with Crippen molar-refractivity contribution in [1.29, 1.82) is 0 Å². The topological polar surface area (TPSA) is 23.8 Å². The summed E-state index contributed by atoms with van der Waals surface area (Å²) in [5.41, 5.74) is 5.75. The Balaban J connectivity index is -0.0000000472. The minimum Gasteiger partial charge on any atom is -1.00 e. The number of rotatable bonds is 0. The van der Waals surface area contributed by atoms with Crippen molar-refractivity contribution in [3.8, 4) is 0 Å². The maximum absolute atomic E-state index is 5.75. The molecule has 0 radical (unpaired) electrons. The normalized spacial score (nSPS) is 9.38. The van der Waals surface area contributed by atoms with Gasteiger partial charge in [0.2, 0.25) is 0 Å². The summed E-state index contributed by atoms with van der Waals surface area (Å²) in [4.78, 5) is 0. The maximum atomic E-state index is 5.75. The summed E-state index contributed by atoms with van der Waals surface area (Å²) in [7, 11) is 1.25. The van der Waals surface area contributed by atoms with Crippen LogP contribution in [0.2, 0.25) is 13.1 Å². The van der Waals surface area contributed by atoms with Gasteiger partial charge in [-0.15, -0.1) is 6.42 Å². The largest absolute Gasteiger partial charge is 1.00 e. The van der Waals surface area contributed by atoms with Crippen LogP contribution in [0.5, 0.6) is 0 Å². The average molecular weight is 272 g/mol. The Morgan fingerprint density at radius 2 is 1.69 bits per heavy atom. The average Bonchev–Trinajstić information content (AvgIpc) is 2.44. The molecule has 1 nitrogen and oxygen atoms in total. The quantitative estimate of drug-likeness (QED) is 0.327.